The maximum Gasteiger partial charge on any atom is 0.123 e. The van der Waals surface area contributed by atoms with Crippen molar-refractivity contribution in [3.63, 3.8) is 0 Å². The molecule has 1 unspecified atom stereocenters. The molecule has 0 bridgehead atoms. The molecule has 5 heteroatoms. The van der Waals surface area contributed by atoms with Crippen molar-refractivity contribution < 1.29 is 5.11 Å². The van der Waals surface area contributed by atoms with Gasteiger partial charge in [-0.2, -0.15) is 0 Å². The van der Waals surface area contributed by atoms with E-state index in [1.165, 1.54) is 42.5 Å². The second kappa shape index (κ2) is 9.28. The highest BCUT2D eigenvalue weighted by molar-refractivity contribution is 7.15. The molecule has 1 aromatic heterocycles. The lowest BCUT2D eigenvalue weighted by Gasteiger charge is -2.46. The van der Waals surface area contributed by atoms with Gasteiger partial charge in [0.25, 0.3) is 0 Å². The van der Waals surface area contributed by atoms with E-state index in [1.54, 1.807) is 0 Å². The highest BCUT2D eigenvalue weighted by Gasteiger charge is 2.32. The molecule has 1 N–H and O–H groups in total. The molecule has 1 saturated carbocycles. The van der Waals surface area contributed by atoms with Crippen LogP contribution in [0.1, 0.15) is 43.4 Å². The van der Waals surface area contributed by atoms with Crippen LogP contribution in [0, 0.1) is 0 Å². The Morgan fingerprint density at radius 1 is 1.07 bits per heavy atom. The Hall–Kier alpha value is -1.27. The smallest absolute Gasteiger partial charge is 0.123 e. The molecule has 0 radical (unpaired) electrons. The summed E-state index contributed by atoms with van der Waals surface area (Å²) in [6.45, 7) is 4.59. The van der Waals surface area contributed by atoms with Crippen molar-refractivity contribution in [1.82, 2.24) is 14.8 Å². The zero-order valence-corrected chi connectivity index (χ0v) is 16.9. The SMILES string of the molecule is OCCC1CN(Cc2cnc(-c3ccccc3)s2)CCN1C1CCCCC1. The Morgan fingerprint density at radius 2 is 1.89 bits per heavy atom. The van der Waals surface area contributed by atoms with Gasteiger partial charge in [0, 0.05) is 61.5 Å². The largest absolute Gasteiger partial charge is 0.396 e. The summed E-state index contributed by atoms with van der Waals surface area (Å²) in [5.74, 6) is 0. The minimum Gasteiger partial charge on any atom is -0.396 e. The van der Waals surface area contributed by atoms with Crippen molar-refractivity contribution >= 4 is 11.3 Å². The number of nitrogens with zero attached hydrogens (tertiary/aromatic N) is 3. The molecule has 4 rings (SSSR count). The van der Waals surface area contributed by atoms with Gasteiger partial charge in [-0.3, -0.25) is 9.80 Å². The van der Waals surface area contributed by atoms with Crippen molar-refractivity contribution in [2.45, 2.75) is 57.2 Å². The number of hydrogen-bond donors (Lipinski definition) is 1. The molecule has 2 fully saturated rings. The van der Waals surface area contributed by atoms with Crippen molar-refractivity contribution in [2.75, 3.05) is 26.2 Å². The van der Waals surface area contributed by atoms with E-state index in [-0.39, 0.29) is 0 Å². The molecule has 27 heavy (non-hydrogen) atoms. The van der Waals surface area contributed by atoms with E-state index < -0.39 is 0 Å². The van der Waals surface area contributed by atoms with Crippen LogP contribution in [0.25, 0.3) is 10.6 Å². The maximum atomic E-state index is 9.59. The van der Waals surface area contributed by atoms with Crippen LogP contribution in [0.15, 0.2) is 36.5 Å². The van der Waals surface area contributed by atoms with E-state index in [1.807, 2.05) is 23.6 Å². The van der Waals surface area contributed by atoms with Crippen LogP contribution in [-0.2, 0) is 6.54 Å². The molecule has 2 heterocycles. The summed E-state index contributed by atoms with van der Waals surface area (Å²) < 4.78 is 0. The number of hydrogen-bond acceptors (Lipinski definition) is 5. The second-order valence-corrected chi connectivity index (χ2v) is 9.04. The molecule has 2 aromatic rings. The zero-order chi connectivity index (χ0) is 18.5. The minimum atomic E-state index is 0.292. The Bertz CT molecular complexity index is 699. The van der Waals surface area contributed by atoms with Crippen LogP contribution < -0.4 is 0 Å². The van der Waals surface area contributed by atoms with Gasteiger partial charge >= 0.3 is 0 Å². The summed E-state index contributed by atoms with van der Waals surface area (Å²) in [5, 5.41) is 10.7. The highest BCUT2D eigenvalue weighted by Crippen LogP contribution is 2.29. The van der Waals surface area contributed by atoms with Crippen LogP contribution in [-0.4, -0.2) is 58.2 Å². The standard InChI is InChI=1S/C22H31N3OS/c26-14-11-20-16-24(12-13-25(20)19-9-5-2-6-10-19)17-21-15-23-22(27-21)18-7-3-1-4-8-18/h1,3-4,7-8,15,19-20,26H,2,5-6,9-14,16-17H2. The van der Waals surface area contributed by atoms with E-state index >= 15 is 0 Å². The molecule has 1 atom stereocenters. The number of piperazine rings is 1. The van der Waals surface area contributed by atoms with Gasteiger partial charge in [-0.05, 0) is 19.3 Å². The van der Waals surface area contributed by atoms with Crippen LogP contribution in [0.3, 0.4) is 0 Å². The van der Waals surface area contributed by atoms with E-state index in [0.29, 0.717) is 12.6 Å². The van der Waals surface area contributed by atoms with Gasteiger partial charge in [-0.25, -0.2) is 4.98 Å². The number of rotatable bonds is 6. The average Bonchev–Trinajstić information content (AvgIpc) is 3.18. The predicted molar refractivity (Wildman–Crippen MR) is 112 cm³/mol. The molecule has 1 saturated heterocycles. The number of benzene rings is 1. The fraction of sp³-hybridized carbons (Fsp3) is 0.591. The number of aromatic nitrogens is 1. The van der Waals surface area contributed by atoms with Crippen molar-refractivity contribution in [2.24, 2.45) is 0 Å². The molecule has 1 aromatic carbocycles. The first-order chi connectivity index (χ1) is 13.3. The molecule has 0 amide bonds. The molecule has 1 aliphatic heterocycles. The van der Waals surface area contributed by atoms with Crippen LogP contribution in [0.5, 0.6) is 0 Å². The first-order valence-electron chi connectivity index (χ1n) is 10.4. The Morgan fingerprint density at radius 3 is 2.67 bits per heavy atom. The molecule has 0 spiro atoms. The maximum absolute atomic E-state index is 9.59. The lowest BCUT2D eigenvalue weighted by Crippen LogP contribution is -2.56. The molecule has 1 aliphatic carbocycles. The summed E-state index contributed by atoms with van der Waals surface area (Å²) in [7, 11) is 0. The third kappa shape index (κ3) is 4.77. The third-order valence-electron chi connectivity index (χ3n) is 6.07. The molecule has 2 aliphatic rings. The second-order valence-electron chi connectivity index (χ2n) is 7.93. The third-order valence-corrected chi connectivity index (χ3v) is 7.10. The average molecular weight is 386 g/mol. The van der Waals surface area contributed by atoms with Crippen LogP contribution in [0.2, 0.25) is 0 Å². The summed E-state index contributed by atoms with van der Waals surface area (Å²) in [6.07, 6.45) is 9.77. The fourth-order valence-corrected chi connectivity index (χ4v) is 5.65. The van der Waals surface area contributed by atoms with Gasteiger partial charge < -0.3 is 5.11 Å². The van der Waals surface area contributed by atoms with Gasteiger partial charge in [-0.15, -0.1) is 11.3 Å². The van der Waals surface area contributed by atoms with Gasteiger partial charge in [0.05, 0.1) is 0 Å². The first kappa shape index (κ1) is 19.1. The summed E-state index contributed by atoms with van der Waals surface area (Å²) in [5.41, 5.74) is 1.20. The predicted octanol–water partition coefficient (Wildman–Crippen LogP) is 4.01. The molecule has 146 valence electrons. The summed E-state index contributed by atoms with van der Waals surface area (Å²) >= 11 is 1.81. The lowest BCUT2D eigenvalue weighted by molar-refractivity contribution is 0.0140. The minimum absolute atomic E-state index is 0.292. The number of thiazole rings is 1. The number of aliphatic hydroxyl groups excluding tert-OH is 1. The lowest BCUT2D eigenvalue weighted by atomic mass is 9.92. The van der Waals surface area contributed by atoms with Crippen molar-refractivity contribution in [1.29, 1.82) is 0 Å². The van der Waals surface area contributed by atoms with Gasteiger partial charge in [0.15, 0.2) is 0 Å². The normalized spacial score (nSPS) is 22.9. The van der Waals surface area contributed by atoms with Gasteiger partial charge in [0.2, 0.25) is 0 Å². The van der Waals surface area contributed by atoms with E-state index in [2.05, 4.69) is 39.0 Å². The zero-order valence-electron chi connectivity index (χ0n) is 16.1. The van der Waals surface area contributed by atoms with Gasteiger partial charge in [-0.1, -0.05) is 49.6 Å². The Kier molecular flexibility index (Phi) is 6.56. The summed E-state index contributed by atoms with van der Waals surface area (Å²) in [6, 6.07) is 11.7. The van der Waals surface area contributed by atoms with Crippen molar-refractivity contribution in [3.8, 4) is 10.6 Å². The van der Waals surface area contributed by atoms with E-state index in [4.69, 9.17) is 0 Å². The fourth-order valence-electron chi connectivity index (χ4n) is 4.69. The highest BCUT2D eigenvalue weighted by atomic mass is 32.1. The monoisotopic (exact) mass is 385 g/mol. The molecule has 4 nitrogen and oxygen atoms in total. The van der Waals surface area contributed by atoms with E-state index in [0.717, 1.165) is 43.6 Å². The Labute approximate surface area is 166 Å². The Balaban J connectivity index is 1.38. The van der Waals surface area contributed by atoms with Crippen LogP contribution >= 0.6 is 11.3 Å². The van der Waals surface area contributed by atoms with Crippen molar-refractivity contribution in [3.05, 3.63) is 41.4 Å². The quantitative estimate of drug-likeness (QED) is 0.815. The van der Waals surface area contributed by atoms with Crippen LogP contribution in [0.4, 0.5) is 0 Å². The summed E-state index contributed by atoms with van der Waals surface area (Å²) in [4.78, 5) is 11.2. The van der Waals surface area contributed by atoms with Gasteiger partial charge in [0.1, 0.15) is 5.01 Å². The number of aliphatic hydroxyl groups is 1. The first-order valence-corrected chi connectivity index (χ1v) is 11.2. The van der Waals surface area contributed by atoms with E-state index in [9.17, 15) is 5.11 Å². The molecular formula is C22H31N3OS. The topological polar surface area (TPSA) is 39.6 Å². The molecular weight excluding hydrogens is 354 g/mol.